The van der Waals surface area contributed by atoms with Crippen molar-refractivity contribution in [3.8, 4) is 11.1 Å². The fourth-order valence-corrected chi connectivity index (χ4v) is 1.41. The lowest BCUT2D eigenvalue weighted by molar-refractivity contribution is 0.0698. The Morgan fingerprint density at radius 1 is 1.40 bits per heavy atom. The van der Waals surface area contributed by atoms with Crippen molar-refractivity contribution in [3.05, 3.63) is 42.0 Å². The Labute approximate surface area is 86.6 Å². The van der Waals surface area contributed by atoms with E-state index in [1.165, 1.54) is 6.20 Å². The molecule has 0 fully saturated rings. The molecule has 0 spiro atoms. The van der Waals surface area contributed by atoms with E-state index in [1.807, 2.05) is 19.1 Å². The Morgan fingerprint density at radius 3 is 2.80 bits per heavy atom. The van der Waals surface area contributed by atoms with Crippen LogP contribution in [-0.4, -0.2) is 21.0 Å². The van der Waals surface area contributed by atoms with E-state index in [-0.39, 0.29) is 5.56 Å². The number of H-pyrrole nitrogens is 1. The van der Waals surface area contributed by atoms with E-state index >= 15 is 0 Å². The highest BCUT2D eigenvalue weighted by Crippen LogP contribution is 2.22. The minimum Gasteiger partial charge on any atom is -0.478 e. The van der Waals surface area contributed by atoms with Gasteiger partial charge in [0.1, 0.15) is 0 Å². The second kappa shape index (κ2) is 3.57. The van der Waals surface area contributed by atoms with Gasteiger partial charge in [0.2, 0.25) is 0 Å². The van der Waals surface area contributed by atoms with Gasteiger partial charge >= 0.3 is 5.97 Å². The molecule has 2 aromatic rings. The Bertz CT molecular complexity index is 486. The average molecular weight is 202 g/mol. The molecule has 2 aromatic heterocycles. The zero-order valence-corrected chi connectivity index (χ0v) is 8.19. The third kappa shape index (κ3) is 1.74. The lowest BCUT2D eigenvalue weighted by Crippen LogP contribution is -1.96. The van der Waals surface area contributed by atoms with Crippen molar-refractivity contribution < 1.29 is 9.90 Å². The van der Waals surface area contributed by atoms with E-state index in [9.17, 15) is 4.79 Å². The second-order valence-corrected chi connectivity index (χ2v) is 3.28. The van der Waals surface area contributed by atoms with Gasteiger partial charge in [0.15, 0.2) is 0 Å². The van der Waals surface area contributed by atoms with Crippen molar-refractivity contribution in [1.82, 2.24) is 9.97 Å². The van der Waals surface area contributed by atoms with Gasteiger partial charge in [0.05, 0.1) is 5.56 Å². The average Bonchev–Trinajstić information content (AvgIpc) is 2.67. The SMILES string of the molecule is Cc1ccc(-c2c[nH]cc2C(=O)O)cn1. The number of aryl methyl sites for hydroxylation is 1. The predicted octanol–water partition coefficient (Wildman–Crippen LogP) is 2.08. The lowest BCUT2D eigenvalue weighted by atomic mass is 10.1. The highest BCUT2D eigenvalue weighted by Gasteiger charge is 2.12. The van der Waals surface area contributed by atoms with E-state index in [0.717, 1.165) is 11.3 Å². The van der Waals surface area contributed by atoms with E-state index < -0.39 is 5.97 Å². The maximum absolute atomic E-state index is 10.9. The van der Waals surface area contributed by atoms with Crippen LogP contribution in [0.3, 0.4) is 0 Å². The van der Waals surface area contributed by atoms with Crippen LogP contribution < -0.4 is 0 Å². The Hall–Kier alpha value is -2.10. The molecule has 2 rings (SSSR count). The summed E-state index contributed by atoms with van der Waals surface area (Å²) in [6.07, 6.45) is 4.80. The van der Waals surface area contributed by atoms with E-state index in [4.69, 9.17) is 5.11 Å². The molecule has 0 aliphatic heterocycles. The summed E-state index contributed by atoms with van der Waals surface area (Å²) in [5, 5.41) is 8.93. The molecule has 76 valence electrons. The van der Waals surface area contributed by atoms with Gasteiger partial charge in [-0.15, -0.1) is 0 Å². The molecule has 0 amide bonds. The minimum absolute atomic E-state index is 0.264. The predicted molar refractivity (Wildman–Crippen MR) is 55.7 cm³/mol. The van der Waals surface area contributed by atoms with Crippen LogP contribution in [0.5, 0.6) is 0 Å². The van der Waals surface area contributed by atoms with Gasteiger partial charge in [0, 0.05) is 35.4 Å². The fraction of sp³-hybridized carbons (Fsp3) is 0.0909. The Morgan fingerprint density at radius 2 is 2.20 bits per heavy atom. The first kappa shape index (κ1) is 9.45. The molecule has 2 heterocycles. The Kier molecular flexibility index (Phi) is 2.25. The quantitative estimate of drug-likeness (QED) is 0.783. The first-order chi connectivity index (χ1) is 7.18. The fourth-order valence-electron chi connectivity index (χ4n) is 1.41. The zero-order chi connectivity index (χ0) is 10.8. The second-order valence-electron chi connectivity index (χ2n) is 3.28. The molecule has 0 unspecified atom stereocenters. The molecule has 0 atom stereocenters. The number of aromatic carboxylic acids is 1. The highest BCUT2D eigenvalue weighted by molar-refractivity contribution is 5.95. The topological polar surface area (TPSA) is 66.0 Å². The number of nitrogens with one attached hydrogen (secondary N) is 1. The van der Waals surface area contributed by atoms with Crippen LogP contribution in [0.2, 0.25) is 0 Å². The minimum atomic E-state index is -0.938. The molecule has 0 radical (unpaired) electrons. The van der Waals surface area contributed by atoms with Gasteiger partial charge in [-0.25, -0.2) is 4.79 Å². The van der Waals surface area contributed by atoms with Crippen LogP contribution in [0.1, 0.15) is 16.1 Å². The standard InChI is InChI=1S/C11H10N2O2/c1-7-2-3-8(4-13-7)9-5-12-6-10(9)11(14)15/h2-6,12H,1H3,(H,14,15). The summed E-state index contributed by atoms with van der Waals surface area (Å²) >= 11 is 0. The number of hydrogen-bond donors (Lipinski definition) is 2. The molecule has 15 heavy (non-hydrogen) atoms. The monoisotopic (exact) mass is 202 g/mol. The van der Waals surface area contributed by atoms with Gasteiger partial charge in [-0.3, -0.25) is 4.98 Å². The lowest BCUT2D eigenvalue weighted by Gasteiger charge is -2.00. The third-order valence-electron chi connectivity index (χ3n) is 2.20. The number of carboxylic acids is 1. The van der Waals surface area contributed by atoms with Crippen molar-refractivity contribution >= 4 is 5.97 Å². The largest absolute Gasteiger partial charge is 0.478 e. The number of aromatic amines is 1. The normalized spacial score (nSPS) is 10.2. The first-order valence-corrected chi connectivity index (χ1v) is 4.51. The van der Waals surface area contributed by atoms with Gasteiger partial charge in [0.25, 0.3) is 0 Å². The number of carboxylic acid groups (broad SMARTS) is 1. The molecule has 0 bridgehead atoms. The van der Waals surface area contributed by atoms with Gasteiger partial charge < -0.3 is 10.1 Å². The van der Waals surface area contributed by atoms with Gasteiger partial charge in [-0.2, -0.15) is 0 Å². The zero-order valence-electron chi connectivity index (χ0n) is 8.19. The highest BCUT2D eigenvalue weighted by atomic mass is 16.4. The van der Waals surface area contributed by atoms with Crippen molar-refractivity contribution in [1.29, 1.82) is 0 Å². The number of carbonyl (C=O) groups is 1. The van der Waals surface area contributed by atoms with Gasteiger partial charge in [-0.1, -0.05) is 6.07 Å². The Balaban J connectivity index is 2.49. The van der Waals surface area contributed by atoms with Crippen LogP contribution in [0, 0.1) is 6.92 Å². The molecule has 4 nitrogen and oxygen atoms in total. The number of aromatic nitrogens is 2. The summed E-state index contributed by atoms with van der Waals surface area (Å²) in [5.41, 5.74) is 2.64. The van der Waals surface area contributed by atoms with Crippen LogP contribution in [0.25, 0.3) is 11.1 Å². The summed E-state index contributed by atoms with van der Waals surface area (Å²) in [5.74, 6) is -0.938. The molecular formula is C11H10N2O2. The number of nitrogens with zero attached hydrogens (tertiary/aromatic N) is 1. The molecular weight excluding hydrogens is 192 g/mol. The van der Waals surface area contributed by atoms with E-state index in [1.54, 1.807) is 12.4 Å². The van der Waals surface area contributed by atoms with E-state index in [0.29, 0.717) is 5.56 Å². The summed E-state index contributed by atoms with van der Waals surface area (Å²) < 4.78 is 0. The molecule has 0 saturated carbocycles. The third-order valence-corrected chi connectivity index (χ3v) is 2.20. The molecule has 2 N–H and O–H groups in total. The van der Waals surface area contributed by atoms with Crippen molar-refractivity contribution in [3.63, 3.8) is 0 Å². The molecule has 0 aliphatic rings. The molecule has 0 aromatic carbocycles. The van der Waals surface area contributed by atoms with Crippen molar-refractivity contribution in [2.45, 2.75) is 6.92 Å². The maximum Gasteiger partial charge on any atom is 0.337 e. The van der Waals surface area contributed by atoms with Crippen LogP contribution in [0.15, 0.2) is 30.7 Å². The van der Waals surface area contributed by atoms with Crippen LogP contribution in [-0.2, 0) is 0 Å². The molecule has 4 heteroatoms. The summed E-state index contributed by atoms with van der Waals surface area (Å²) in [7, 11) is 0. The molecule has 0 saturated heterocycles. The van der Waals surface area contributed by atoms with Crippen LogP contribution in [0.4, 0.5) is 0 Å². The summed E-state index contributed by atoms with van der Waals surface area (Å²) in [4.78, 5) is 17.8. The number of rotatable bonds is 2. The van der Waals surface area contributed by atoms with Crippen molar-refractivity contribution in [2.75, 3.05) is 0 Å². The van der Waals surface area contributed by atoms with Crippen molar-refractivity contribution in [2.24, 2.45) is 0 Å². The summed E-state index contributed by atoms with van der Waals surface area (Å²) in [6.45, 7) is 1.89. The number of hydrogen-bond acceptors (Lipinski definition) is 2. The van der Waals surface area contributed by atoms with Gasteiger partial charge in [-0.05, 0) is 13.0 Å². The van der Waals surface area contributed by atoms with E-state index in [2.05, 4.69) is 9.97 Å². The smallest absolute Gasteiger partial charge is 0.337 e. The summed E-state index contributed by atoms with van der Waals surface area (Å²) in [6, 6.07) is 3.71. The number of pyridine rings is 1. The first-order valence-electron chi connectivity index (χ1n) is 4.51. The van der Waals surface area contributed by atoms with Crippen LogP contribution >= 0.6 is 0 Å². The molecule has 0 aliphatic carbocycles. The maximum atomic E-state index is 10.9.